The van der Waals surface area contributed by atoms with Gasteiger partial charge in [0, 0.05) is 37.8 Å². The summed E-state index contributed by atoms with van der Waals surface area (Å²) >= 11 is 0. The van der Waals surface area contributed by atoms with E-state index < -0.39 is 11.9 Å². The van der Waals surface area contributed by atoms with E-state index in [1.165, 1.54) is 29.2 Å². The number of benzene rings is 2. The molecule has 2 aliphatic heterocycles. The number of hydrogen-bond donors (Lipinski definition) is 0. The van der Waals surface area contributed by atoms with Gasteiger partial charge in [-0.1, -0.05) is 0 Å². The molecule has 2 saturated heterocycles. The summed E-state index contributed by atoms with van der Waals surface area (Å²) in [5.74, 6) is 1.38. The Morgan fingerprint density at radius 1 is 0.943 bits per heavy atom. The number of amides is 2. The van der Waals surface area contributed by atoms with Crippen molar-refractivity contribution in [1.82, 2.24) is 14.9 Å². The smallest absolute Gasteiger partial charge is 0.251 e. The fourth-order valence-electron chi connectivity index (χ4n) is 4.65. The van der Waals surface area contributed by atoms with Crippen molar-refractivity contribution in [2.24, 2.45) is 0 Å². The third-order valence-corrected chi connectivity index (χ3v) is 6.50. The zero-order valence-corrected chi connectivity index (χ0v) is 19.6. The lowest BCUT2D eigenvalue weighted by molar-refractivity contribution is -0.123. The number of imide groups is 1. The predicted molar refractivity (Wildman–Crippen MR) is 130 cm³/mol. The second-order valence-corrected chi connectivity index (χ2v) is 8.67. The minimum absolute atomic E-state index is 0.129. The number of aryl methyl sites for hydroxylation is 1. The summed E-state index contributed by atoms with van der Waals surface area (Å²) in [6.07, 6.45) is 0.129. The van der Waals surface area contributed by atoms with E-state index in [1.54, 1.807) is 7.11 Å². The quantitative estimate of drug-likeness (QED) is 0.525. The van der Waals surface area contributed by atoms with E-state index in [1.807, 2.05) is 37.3 Å². The van der Waals surface area contributed by atoms with Crippen molar-refractivity contribution < 1.29 is 18.7 Å². The highest BCUT2D eigenvalue weighted by Crippen LogP contribution is 2.28. The Morgan fingerprint density at radius 3 is 2.29 bits per heavy atom. The number of anilines is 2. The third-order valence-electron chi connectivity index (χ3n) is 6.50. The van der Waals surface area contributed by atoms with Crippen LogP contribution in [0.2, 0.25) is 0 Å². The average molecular weight is 476 g/mol. The first-order valence-corrected chi connectivity index (χ1v) is 11.5. The molecule has 0 saturated carbocycles. The normalized spacial score (nSPS) is 18.9. The van der Waals surface area contributed by atoms with Crippen LogP contribution < -0.4 is 14.5 Å². The molecule has 5 rings (SSSR count). The Labute approximate surface area is 203 Å². The summed E-state index contributed by atoms with van der Waals surface area (Å²) in [7, 11) is 1.64. The molecule has 0 aliphatic carbocycles. The van der Waals surface area contributed by atoms with Crippen molar-refractivity contribution in [3.8, 4) is 17.0 Å². The second kappa shape index (κ2) is 9.42. The molecule has 1 atom stereocenters. The lowest BCUT2D eigenvalue weighted by Crippen LogP contribution is -2.52. The summed E-state index contributed by atoms with van der Waals surface area (Å²) in [6.45, 7) is 4.48. The molecule has 0 bridgehead atoms. The van der Waals surface area contributed by atoms with Crippen LogP contribution in [-0.2, 0) is 9.59 Å². The molecule has 3 heterocycles. The molecular formula is C26H26FN5O3. The van der Waals surface area contributed by atoms with Crippen LogP contribution in [0.25, 0.3) is 11.3 Å². The average Bonchev–Trinajstić information content (AvgIpc) is 3.18. The molecule has 2 aliphatic rings. The largest absolute Gasteiger partial charge is 0.497 e. The summed E-state index contributed by atoms with van der Waals surface area (Å²) in [5, 5.41) is 0. The van der Waals surface area contributed by atoms with Crippen LogP contribution in [-0.4, -0.2) is 66.0 Å². The number of aromatic nitrogens is 2. The number of nitrogens with zero attached hydrogens (tertiary/aromatic N) is 5. The number of methoxy groups -OCH3 is 1. The van der Waals surface area contributed by atoms with Crippen LogP contribution in [0, 0.1) is 12.7 Å². The lowest BCUT2D eigenvalue weighted by atomic mass is 10.1. The first kappa shape index (κ1) is 22.9. The molecule has 2 fully saturated rings. The van der Waals surface area contributed by atoms with Crippen LogP contribution in [0.4, 0.5) is 15.9 Å². The number of rotatable bonds is 5. The minimum atomic E-state index is -0.503. The van der Waals surface area contributed by atoms with Gasteiger partial charge in [-0.25, -0.2) is 19.3 Å². The molecule has 3 aromatic rings. The summed E-state index contributed by atoms with van der Waals surface area (Å²) in [6, 6.07) is 14.7. The van der Waals surface area contributed by atoms with E-state index in [-0.39, 0.29) is 18.2 Å². The Morgan fingerprint density at radius 2 is 1.63 bits per heavy atom. The van der Waals surface area contributed by atoms with Gasteiger partial charge in [0.05, 0.1) is 31.0 Å². The molecule has 35 heavy (non-hydrogen) atoms. The number of carbonyl (C=O) groups excluding carboxylic acids is 2. The van der Waals surface area contributed by atoms with Crippen LogP contribution in [0.15, 0.2) is 54.6 Å². The summed E-state index contributed by atoms with van der Waals surface area (Å²) in [4.78, 5) is 40.3. The summed E-state index contributed by atoms with van der Waals surface area (Å²) < 4.78 is 18.5. The Bertz CT molecular complexity index is 1240. The number of carbonyl (C=O) groups is 2. The fourth-order valence-corrected chi connectivity index (χ4v) is 4.65. The lowest BCUT2D eigenvalue weighted by Gasteiger charge is -2.37. The molecule has 1 unspecified atom stereocenters. The maximum absolute atomic E-state index is 13.3. The van der Waals surface area contributed by atoms with Crippen molar-refractivity contribution >= 4 is 23.3 Å². The fraction of sp³-hybridized carbons (Fsp3) is 0.308. The van der Waals surface area contributed by atoms with Crippen molar-refractivity contribution in [1.29, 1.82) is 0 Å². The van der Waals surface area contributed by atoms with Gasteiger partial charge >= 0.3 is 0 Å². The molecule has 0 radical (unpaired) electrons. The van der Waals surface area contributed by atoms with Gasteiger partial charge in [0.15, 0.2) is 0 Å². The van der Waals surface area contributed by atoms with Crippen LogP contribution in [0.5, 0.6) is 5.75 Å². The molecule has 2 amide bonds. The molecule has 180 valence electrons. The molecule has 9 heteroatoms. The zero-order valence-electron chi connectivity index (χ0n) is 19.6. The van der Waals surface area contributed by atoms with E-state index >= 15 is 0 Å². The standard InChI is InChI=1S/C26H26FN5O3/c1-17-28-22(18-3-9-21(35-2)10-4-18)15-24(29-17)31-13-11-30(12-14-31)23-16-25(33)32(26(23)34)20-7-5-19(27)6-8-20/h3-10,15,23H,11-14,16H2,1-2H3. The minimum Gasteiger partial charge on any atom is -0.497 e. The van der Waals surface area contributed by atoms with Gasteiger partial charge in [-0.05, 0) is 55.5 Å². The van der Waals surface area contributed by atoms with E-state index in [0.29, 0.717) is 37.7 Å². The van der Waals surface area contributed by atoms with Crippen molar-refractivity contribution in [3.63, 3.8) is 0 Å². The molecule has 8 nitrogen and oxygen atoms in total. The van der Waals surface area contributed by atoms with Crippen LogP contribution in [0.1, 0.15) is 12.2 Å². The van der Waals surface area contributed by atoms with E-state index in [4.69, 9.17) is 4.74 Å². The van der Waals surface area contributed by atoms with E-state index in [9.17, 15) is 14.0 Å². The van der Waals surface area contributed by atoms with Crippen molar-refractivity contribution in [2.75, 3.05) is 43.1 Å². The second-order valence-electron chi connectivity index (χ2n) is 8.67. The predicted octanol–water partition coefficient (Wildman–Crippen LogP) is 3.05. The topological polar surface area (TPSA) is 78.9 Å². The van der Waals surface area contributed by atoms with Gasteiger partial charge in [-0.3, -0.25) is 14.5 Å². The maximum Gasteiger partial charge on any atom is 0.251 e. The zero-order chi connectivity index (χ0) is 24.5. The van der Waals surface area contributed by atoms with Crippen LogP contribution >= 0.6 is 0 Å². The van der Waals surface area contributed by atoms with Gasteiger partial charge in [0.25, 0.3) is 5.91 Å². The maximum atomic E-state index is 13.3. The van der Waals surface area contributed by atoms with E-state index in [2.05, 4.69) is 19.8 Å². The monoisotopic (exact) mass is 475 g/mol. The Kier molecular flexibility index (Phi) is 6.17. The highest BCUT2D eigenvalue weighted by Gasteiger charge is 2.43. The highest BCUT2D eigenvalue weighted by atomic mass is 19.1. The van der Waals surface area contributed by atoms with Crippen molar-refractivity contribution in [3.05, 3.63) is 66.2 Å². The molecule has 1 aromatic heterocycles. The first-order valence-electron chi connectivity index (χ1n) is 11.5. The van der Waals surface area contributed by atoms with E-state index in [0.717, 1.165) is 22.8 Å². The molecule has 0 N–H and O–H groups in total. The molecular weight excluding hydrogens is 449 g/mol. The molecule has 0 spiro atoms. The van der Waals surface area contributed by atoms with Gasteiger partial charge in [-0.2, -0.15) is 0 Å². The SMILES string of the molecule is COc1ccc(-c2cc(N3CCN(C4CC(=O)N(c5ccc(F)cc5)C4=O)CC3)nc(C)n2)cc1. The van der Waals surface area contributed by atoms with Gasteiger partial charge in [-0.15, -0.1) is 0 Å². The van der Waals surface area contributed by atoms with Gasteiger partial charge in [0.1, 0.15) is 23.2 Å². The van der Waals surface area contributed by atoms with Crippen molar-refractivity contribution in [2.45, 2.75) is 19.4 Å². The summed E-state index contributed by atoms with van der Waals surface area (Å²) in [5.41, 5.74) is 2.22. The number of piperazine rings is 1. The Balaban J connectivity index is 1.27. The number of ether oxygens (including phenoxy) is 1. The highest BCUT2D eigenvalue weighted by molar-refractivity contribution is 6.22. The van der Waals surface area contributed by atoms with Gasteiger partial charge < -0.3 is 9.64 Å². The van der Waals surface area contributed by atoms with Crippen LogP contribution in [0.3, 0.4) is 0 Å². The number of hydrogen-bond acceptors (Lipinski definition) is 7. The van der Waals surface area contributed by atoms with Gasteiger partial charge in [0.2, 0.25) is 5.91 Å². The molecule has 2 aromatic carbocycles. The number of halogens is 1. The Hall–Kier alpha value is -3.85. The third kappa shape index (κ3) is 4.59. The first-order chi connectivity index (χ1) is 16.9.